The van der Waals surface area contributed by atoms with Crippen LogP contribution in [0.3, 0.4) is 0 Å². The van der Waals surface area contributed by atoms with Gasteiger partial charge >= 0.3 is 5.97 Å². The monoisotopic (exact) mass is 298 g/mol. The van der Waals surface area contributed by atoms with Gasteiger partial charge in [0.1, 0.15) is 11.7 Å². The van der Waals surface area contributed by atoms with E-state index in [0.29, 0.717) is 24.7 Å². The number of hydrogen-bond acceptors (Lipinski definition) is 4. The van der Waals surface area contributed by atoms with E-state index in [0.717, 1.165) is 19.3 Å². The number of rotatable bonds is 5. The molecule has 0 amide bonds. The third-order valence-corrected chi connectivity index (χ3v) is 5.95. The van der Waals surface area contributed by atoms with Gasteiger partial charge in [0.15, 0.2) is 0 Å². The first kappa shape index (κ1) is 16.8. The van der Waals surface area contributed by atoms with Crippen molar-refractivity contribution in [3.8, 4) is 0 Å². The second kappa shape index (κ2) is 5.88. The zero-order chi connectivity index (χ0) is 15.8. The molecule has 1 aliphatic carbocycles. The van der Waals surface area contributed by atoms with Crippen LogP contribution >= 0.6 is 0 Å². The fourth-order valence-corrected chi connectivity index (χ4v) is 4.98. The standard InChI is InChI=1S/C17H30O4/c1-5-8-12-11(4)10-16(20,6-2)15(12)17(7-3)13(18)9-14(19)21-17/h11-13,15,18,20H,5-10H2,1-4H3/t11-,12+,13-,15-,16+,17+/m0/s1. The van der Waals surface area contributed by atoms with Gasteiger partial charge in [0, 0.05) is 5.92 Å². The fraction of sp³-hybridized carbons (Fsp3) is 0.941. The molecular weight excluding hydrogens is 268 g/mol. The van der Waals surface area contributed by atoms with Crippen molar-refractivity contribution < 1.29 is 19.7 Å². The van der Waals surface area contributed by atoms with E-state index in [-0.39, 0.29) is 18.3 Å². The van der Waals surface area contributed by atoms with E-state index in [4.69, 9.17) is 4.74 Å². The molecule has 21 heavy (non-hydrogen) atoms. The Balaban J connectivity index is 2.45. The highest BCUT2D eigenvalue weighted by Crippen LogP contribution is 2.56. The number of aliphatic hydroxyl groups is 2. The molecule has 1 saturated heterocycles. The van der Waals surface area contributed by atoms with E-state index in [1.807, 2.05) is 13.8 Å². The maximum Gasteiger partial charge on any atom is 0.309 e. The maximum atomic E-state index is 11.8. The van der Waals surface area contributed by atoms with E-state index in [2.05, 4.69) is 13.8 Å². The Kier molecular flexibility index (Phi) is 4.69. The lowest BCUT2D eigenvalue weighted by Crippen LogP contribution is -2.56. The lowest BCUT2D eigenvalue weighted by molar-refractivity contribution is -0.182. The first-order valence-corrected chi connectivity index (χ1v) is 8.46. The predicted molar refractivity (Wildman–Crippen MR) is 80.6 cm³/mol. The number of cyclic esters (lactones) is 1. The highest BCUT2D eigenvalue weighted by atomic mass is 16.6. The summed E-state index contributed by atoms with van der Waals surface area (Å²) in [5.41, 5.74) is -1.76. The van der Waals surface area contributed by atoms with Crippen molar-refractivity contribution in [1.29, 1.82) is 0 Å². The van der Waals surface area contributed by atoms with Crippen LogP contribution in [0.4, 0.5) is 0 Å². The van der Waals surface area contributed by atoms with Crippen molar-refractivity contribution in [2.45, 2.75) is 83.5 Å². The molecule has 4 nitrogen and oxygen atoms in total. The van der Waals surface area contributed by atoms with E-state index in [9.17, 15) is 15.0 Å². The van der Waals surface area contributed by atoms with Crippen LogP contribution in [0, 0.1) is 17.8 Å². The molecule has 2 fully saturated rings. The summed E-state index contributed by atoms with van der Waals surface area (Å²) in [6.07, 6.45) is 3.20. The van der Waals surface area contributed by atoms with Gasteiger partial charge < -0.3 is 14.9 Å². The average molecular weight is 298 g/mol. The van der Waals surface area contributed by atoms with Crippen LogP contribution in [0.15, 0.2) is 0 Å². The Labute approximate surface area is 127 Å². The topological polar surface area (TPSA) is 66.8 Å². The Bertz CT molecular complexity index is 396. The molecule has 0 unspecified atom stereocenters. The molecule has 1 aliphatic heterocycles. The molecule has 0 radical (unpaired) electrons. The molecule has 0 bridgehead atoms. The van der Waals surface area contributed by atoms with Crippen LogP contribution < -0.4 is 0 Å². The summed E-state index contributed by atoms with van der Waals surface area (Å²) in [4.78, 5) is 11.8. The van der Waals surface area contributed by atoms with Gasteiger partial charge in [-0.1, -0.05) is 34.1 Å². The van der Waals surface area contributed by atoms with Crippen molar-refractivity contribution >= 4 is 5.97 Å². The van der Waals surface area contributed by atoms with Gasteiger partial charge in [-0.15, -0.1) is 0 Å². The first-order chi connectivity index (χ1) is 9.84. The lowest BCUT2D eigenvalue weighted by atomic mass is 9.67. The van der Waals surface area contributed by atoms with Crippen LogP contribution in [0.1, 0.15) is 66.2 Å². The number of carbonyl (C=O) groups is 1. The molecule has 0 aromatic rings. The summed E-state index contributed by atoms with van der Waals surface area (Å²) in [6, 6.07) is 0. The van der Waals surface area contributed by atoms with Gasteiger partial charge in [-0.2, -0.15) is 0 Å². The van der Waals surface area contributed by atoms with Gasteiger partial charge in [0.05, 0.1) is 12.0 Å². The average Bonchev–Trinajstić information content (AvgIpc) is 2.86. The van der Waals surface area contributed by atoms with Crippen LogP contribution in [0.2, 0.25) is 0 Å². The minimum atomic E-state index is -0.910. The van der Waals surface area contributed by atoms with Gasteiger partial charge in [-0.3, -0.25) is 4.79 Å². The Morgan fingerprint density at radius 1 is 1.29 bits per heavy atom. The SMILES string of the molecule is CCC[C@@H]1[C@@H](C)C[C@](O)(CC)[C@H]1[C@]1(CC)OC(=O)C[C@@H]1O. The second-order valence-corrected chi connectivity index (χ2v) is 7.07. The molecular formula is C17H30O4. The number of ether oxygens (including phenoxy) is 1. The van der Waals surface area contributed by atoms with Crippen molar-refractivity contribution in [2.75, 3.05) is 0 Å². The summed E-state index contributed by atoms with van der Waals surface area (Å²) < 4.78 is 5.67. The summed E-state index contributed by atoms with van der Waals surface area (Å²) in [5, 5.41) is 21.7. The minimum Gasteiger partial charge on any atom is -0.456 e. The molecule has 2 rings (SSSR count). The van der Waals surface area contributed by atoms with Crippen LogP contribution in [0.5, 0.6) is 0 Å². The number of aliphatic hydroxyl groups excluding tert-OH is 1. The fourth-order valence-electron chi connectivity index (χ4n) is 4.98. The van der Waals surface area contributed by atoms with Gasteiger partial charge in [0.2, 0.25) is 0 Å². The lowest BCUT2D eigenvalue weighted by Gasteiger charge is -2.45. The van der Waals surface area contributed by atoms with Crippen molar-refractivity contribution in [2.24, 2.45) is 17.8 Å². The van der Waals surface area contributed by atoms with Crippen LogP contribution in [0.25, 0.3) is 0 Å². The molecule has 122 valence electrons. The molecule has 2 aliphatic rings. The van der Waals surface area contributed by atoms with Crippen LogP contribution in [-0.4, -0.2) is 33.5 Å². The third-order valence-electron chi connectivity index (χ3n) is 5.95. The Hall–Kier alpha value is -0.610. The molecule has 1 heterocycles. The quantitative estimate of drug-likeness (QED) is 0.766. The zero-order valence-corrected chi connectivity index (χ0v) is 13.8. The highest BCUT2D eigenvalue weighted by Gasteiger charge is 2.64. The molecule has 0 aromatic carbocycles. The van der Waals surface area contributed by atoms with E-state index in [1.165, 1.54) is 0 Å². The number of hydrogen-bond donors (Lipinski definition) is 2. The molecule has 0 spiro atoms. The van der Waals surface area contributed by atoms with Crippen molar-refractivity contribution in [3.05, 3.63) is 0 Å². The smallest absolute Gasteiger partial charge is 0.309 e. The minimum absolute atomic E-state index is 0.0529. The van der Waals surface area contributed by atoms with Crippen molar-refractivity contribution in [3.63, 3.8) is 0 Å². The van der Waals surface area contributed by atoms with Gasteiger partial charge in [-0.25, -0.2) is 0 Å². The van der Waals surface area contributed by atoms with E-state index in [1.54, 1.807) is 0 Å². The van der Waals surface area contributed by atoms with Gasteiger partial charge in [0.25, 0.3) is 0 Å². The number of esters is 1. The van der Waals surface area contributed by atoms with Crippen LogP contribution in [-0.2, 0) is 9.53 Å². The summed E-state index contributed by atoms with van der Waals surface area (Å²) in [5.74, 6) is 0.171. The summed E-state index contributed by atoms with van der Waals surface area (Å²) in [7, 11) is 0. The largest absolute Gasteiger partial charge is 0.456 e. The Morgan fingerprint density at radius 3 is 2.38 bits per heavy atom. The third kappa shape index (κ3) is 2.50. The Morgan fingerprint density at radius 2 is 1.95 bits per heavy atom. The van der Waals surface area contributed by atoms with E-state index < -0.39 is 17.3 Å². The molecule has 2 N–H and O–H groups in total. The van der Waals surface area contributed by atoms with Gasteiger partial charge in [-0.05, 0) is 37.5 Å². The number of carbonyl (C=O) groups excluding carboxylic acids is 1. The molecule has 6 atom stereocenters. The second-order valence-electron chi connectivity index (χ2n) is 7.07. The zero-order valence-electron chi connectivity index (χ0n) is 13.8. The first-order valence-electron chi connectivity index (χ1n) is 8.46. The molecule has 4 heteroatoms. The van der Waals surface area contributed by atoms with Crippen molar-refractivity contribution in [1.82, 2.24) is 0 Å². The summed E-state index contributed by atoms with van der Waals surface area (Å²) >= 11 is 0. The summed E-state index contributed by atoms with van der Waals surface area (Å²) in [6.45, 7) is 8.25. The maximum absolute atomic E-state index is 11.8. The molecule has 1 saturated carbocycles. The highest BCUT2D eigenvalue weighted by molar-refractivity contribution is 5.73. The normalized spacial score (nSPS) is 46.9. The van der Waals surface area contributed by atoms with E-state index >= 15 is 0 Å². The molecule has 0 aromatic heterocycles. The predicted octanol–water partition coefficient (Wildman–Crippen LogP) is 2.66.